The quantitative estimate of drug-likeness (QED) is 0.770. The summed E-state index contributed by atoms with van der Waals surface area (Å²) in [6.45, 7) is 2.13. The van der Waals surface area contributed by atoms with E-state index in [9.17, 15) is 18.0 Å². The van der Waals surface area contributed by atoms with Gasteiger partial charge in [-0.2, -0.15) is 0 Å². The van der Waals surface area contributed by atoms with E-state index in [1.807, 2.05) is 0 Å². The normalized spacial score (nSPS) is 10.8. The van der Waals surface area contributed by atoms with Crippen LogP contribution in [0, 0.1) is 0 Å². The van der Waals surface area contributed by atoms with Gasteiger partial charge in [-0.05, 0) is 43.3 Å². The Hall–Kier alpha value is -2.87. The molecule has 0 aromatic heterocycles. The molecule has 0 atom stereocenters. The molecule has 26 heavy (non-hydrogen) atoms. The van der Waals surface area contributed by atoms with E-state index in [1.54, 1.807) is 25.1 Å². The highest BCUT2D eigenvalue weighted by molar-refractivity contribution is 7.92. The summed E-state index contributed by atoms with van der Waals surface area (Å²) in [5.74, 6) is -0.555. The lowest BCUT2D eigenvalue weighted by Crippen LogP contribution is -2.39. The van der Waals surface area contributed by atoms with Gasteiger partial charge in [0, 0.05) is 24.8 Å². The molecule has 138 valence electrons. The molecule has 0 heterocycles. The largest absolute Gasteiger partial charge is 0.358 e. The average Bonchev–Trinajstić information content (AvgIpc) is 2.66. The Balaban J connectivity index is 2.12. The van der Waals surface area contributed by atoms with Crippen molar-refractivity contribution in [3.05, 3.63) is 60.2 Å². The van der Waals surface area contributed by atoms with Gasteiger partial charge in [-0.3, -0.25) is 14.3 Å². The number of hydrogen-bond donors (Lipinski definition) is 2. The maximum atomic E-state index is 12.5. The van der Waals surface area contributed by atoms with Crippen molar-refractivity contribution in [3.63, 3.8) is 0 Å². The van der Waals surface area contributed by atoms with E-state index >= 15 is 0 Å². The zero-order chi connectivity index (χ0) is 19.2. The van der Waals surface area contributed by atoms with Gasteiger partial charge in [0.1, 0.15) is 0 Å². The number of sulfonamides is 1. The van der Waals surface area contributed by atoms with Crippen molar-refractivity contribution in [3.8, 4) is 0 Å². The van der Waals surface area contributed by atoms with Crippen LogP contribution in [0.5, 0.6) is 0 Å². The maximum absolute atomic E-state index is 12.5. The standard InChI is InChI=1S/C18H21N3O4S/c1-3-21(13-17(22)19-2)18(23)14-9-11-15(12-10-14)20-26(24,25)16-7-5-4-6-8-16/h4-12,20H,3,13H2,1-2H3,(H,19,22). The third-order valence-corrected chi connectivity index (χ3v) is 5.12. The SMILES string of the molecule is CCN(CC(=O)NC)C(=O)c1ccc(NS(=O)(=O)c2ccccc2)cc1. The molecule has 0 bridgehead atoms. The number of carbonyl (C=O) groups is 2. The van der Waals surface area contributed by atoms with E-state index in [-0.39, 0.29) is 23.3 Å². The maximum Gasteiger partial charge on any atom is 0.261 e. The van der Waals surface area contributed by atoms with Gasteiger partial charge in [0.05, 0.1) is 11.4 Å². The van der Waals surface area contributed by atoms with Gasteiger partial charge in [0.2, 0.25) is 5.91 Å². The smallest absolute Gasteiger partial charge is 0.261 e. The Morgan fingerprint density at radius 2 is 1.62 bits per heavy atom. The number of benzene rings is 2. The molecular formula is C18H21N3O4S. The van der Waals surface area contributed by atoms with Gasteiger partial charge < -0.3 is 10.2 Å². The lowest BCUT2D eigenvalue weighted by Gasteiger charge is -2.20. The molecule has 0 aliphatic carbocycles. The molecule has 0 unspecified atom stereocenters. The topological polar surface area (TPSA) is 95.6 Å². The van der Waals surface area contributed by atoms with Gasteiger partial charge in [-0.25, -0.2) is 8.42 Å². The summed E-state index contributed by atoms with van der Waals surface area (Å²) in [4.78, 5) is 25.5. The molecule has 2 amide bonds. The number of carbonyl (C=O) groups excluding carboxylic acids is 2. The summed E-state index contributed by atoms with van der Waals surface area (Å²) in [6.07, 6.45) is 0. The van der Waals surface area contributed by atoms with Crippen LogP contribution in [-0.2, 0) is 14.8 Å². The molecule has 0 fully saturated rings. The van der Waals surface area contributed by atoms with Gasteiger partial charge >= 0.3 is 0 Å². The molecule has 2 aromatic carbocycles. The number of nitrogens with one attached hydrogen (secondary N) is 2. The van der Waals surface area contributed by atoms with Crippen LogP contribution in [0.25, 0.3) is 0 Å². The second-order valence-corrected chi connectivity index (χ2v) is 7.17. The monoisotopic (exact) mass is 375 g/mol. The lowest BCUT2D eigenvalue weighted by atomic mass is 10.2. The zero-order valence-corrected chi connectivity index (χ0v) is 15.4. The van der Waals surface area contributed by atoms with E-state index < -0.39 is 10.0 Å². The molecule has 0 aliphatic rings. The molecule has 8 heteroatoms. The summed E-state index contributed by atoms with van der Waals surface area (Å²) < 4.78 is 27.1. The van der Waals surface area contributed by atoms with Crippen LogP contribution in [0.2, 0.25) is 0 Å². The zero-order valence-electron chi connectivity index (χ0n) is 14.6. The molecule has 7 nitrogen and oxygen atoms in total. The van der Waals surface area contributed by atoms with E-state index in [4.69, 9.17) is 0 Å². The fourth-order valence-corrected chi connectivity index (χ4v) is 3.34. The third kappa shape index (κ3) is 4.82. The van der Waals surface area contributed by atoms with Crippen LogP contribution < -0.4 is 10.0 Å². The Morgan fingerprint density at radius 1 is 1.00 bits per heavy atom. The van der Waals surface area contributed by atoms with Crippen LogP contribution in [0.1, 0.15) is 17.3 Å². The second-order valence-electron chi connectivity index (χ2n) is 5.49. The Bertz CT molecular complexity index is 865. The van der Waals surface area contributed by atoms with Crippen LogP contribution in [0.4, 0.5) is 5.69 Å². The molecule has 2 aromatic rings. The number of nitrogens with zero attached hydrogens (tertiary/aromatic N) is 1. The van der Waals surface area contributed by atoms with Crippen molar-refractivity contribution in [2.45, 2.75) is 11.8 Å². The fourth-order valence-electron chi connectivity index (χ4n) is 2.26. The number of hydrogen-bond acceptors (Lipinski definition) is 4. The predicted molar refractivity (Wildman–Crippen MR) is 99.3 cm³/mol. The van der Waals surface area contributed by atoms with E-state index in [0.717, 1.165) is 0 Å². The summed E-state index contributed by atoms with van der Waals surface area (Å²) >= 11 is 0. The van der Waals surface area contributed by atoms with E-state index in [1.165, 1.54) is 48.3 Å². The van der Waals surface area contributed by atoms with Crippen LogP contribution >= 0.6 is 0 Å². The molecule has 0 aliphatic heterocycles. The molecule has 0 saturated carbocycles. The van der Waals surface area contributed by atoms with Crippen molar-refractivity contribution in [1.29, 1.82) is 0 Å². The Labute approximate surface area is 153 Å². The fraction of sp³-hybridized carbons (Fsp3) is 0.222. The van der Waals surface area contributed by atoms with Crippen LogP contribution in [0.3, 0.4) is 0 Å². The highest BCUT2D eigenvalue weighted by atomic mass is 32.2. The first-order valence-electron chi connectivity index (χ1n) is 8.05. The highest BCUT2D eigenvalue weighted by Crippen LogP contribution is 2.17. The van der Waals surface area contributed by atoms with Gasteiger partial charge in [-0.1, -0.05) is 18.2 Å². The van der Waals surface area contributed by atoms with Gasteiger partial charge in [0.15, 0.2) is 0 Å². The molecule has 2 rings (SSSR count). The molecule has 0 radical (unpaired) electrons. The van der Waals surface area contributed by atoms with Crippen molar-refractivity contribution < 1.29 is 18.0 Å². The second kappa shape index (κ2) is 8.48. The van der Waals surface area contributed by atoms with E-state index in [0.29, 0.717) is 17.8 Å². The molecule has 0 spiro atoms. The van der Waals surface area contributed by atoms with Gasteiger partial charge in [-0.15, -0.1) is 0 Å². The minimum Gasteiger partial charge on any atom is -0.358 e. The summed E-state index contributed by atoms with van der Waals surface area (Å²) in [6, 6.07) is 14.1. The minimum absolute atomic E-state index is 0.0335. The molecule has 2 N–H and O–H groups in total. The first kappa shape index (κ1) is 19.5. The van der Waals surface area contributed by atoms with Crippen molar-refractivity contribution in [2.24, 2.45) is 0 Å². The van der Waals surface area contributed by atoms with Gasteiger partial charge in [0.25, 0.3) is 15.9 Å². The summed E-state index contributed by atoms with van der Waals surface area (Å²) in [7, 11) is -2.18. The number of amides is 2. The minimum atomic E-state index is -3.68. The third-order valence-electron chi connectivity index (χ3n) is 3.72. The highest BCUT2D eigenvalue weighted by Gasteiger charge is 2.18. The Morgan fingerprint density at radius 3 is 2.15 bits per heavy atom. The van der Waals surface area contributed by atoms with Crippen molar-refractivity contribution >= 4 is 27.5 Å². The first-order chi connectivity index (χ1) is 12.4. The Kier molecular flexibility index (Phi) is 6.35. The number of rotatable bonds is 7. The van der Waals surface area contributed by atoms with Crippen LogP contribution in [-0.4, -0.2) is 45.3 Å². The number of likely N-dealkylation sites (N-methyl/N-ethyl adjacent to an activating group) is 2. The molecule has 0 saturated heterocycles. The van der Waals surface area contributed by atoms with E-state index in [2.05, 4.69) is 10.0 Å². The number of anilines is 1. The summed E-state index contributed by atoms with van der Waals surface area (Å²) in [5.41, 5.74) is 0.721. The predicted octanol–water partition coefficient (Wildman–Crippen LogP) is 1.70. The first-order valence-corrected chi connectivity index (χ1v) is 9.53. The van der Waals surface area contributed by atoms with Crippen molar-refractivity contribution in [2.75, 3.05) is 24.9 Å². The van der Waals surface area contributed by atoms with Crippen LogP contribution in [0.15, 0.2) is 59.5 Å². The molecular weight excluding hydrogens is 354 g/mol. The average molecular weight is 375 g/mol. The van der Waals surface area contributed by atoms with Crippen molar-refractivity contribution in [1.82, 2.24) is 10.2 Å². The summed E-state index contributed by atoms with van der Waals surface area (Å²) in [5, 5.41) is 2.48. The lowest BCUT2D eigenvalue weighted by molar-refractivity contribution is -0.121.